The summed E-state index contributed by atoms with van der Waals surface area (Å²) in [6, 6.07) is 0. The summed E-state index contributed by atoms with van der Waals surface area (Å²) in [6.45, 7) is 2.41. The van der Waals surface area contributed by atoms with Gasteiger partial charge in [-0.05, 0) is 29.3 Å². The predicted octanol–water partition coefficient (Wildman–Crippen LogP) is 2.45. The van der Waals surface area contributed by atoms with E-state index in [4.69, 9.17) is 5.26 Å². The van der Waals surface area contributed by atoms with Crippen LogP contribution in [0.25, 0.3) is 0 Å². The van der Waals surface area contributed by atoms with Crippen LogP contribution in [-0.2, 0) is 15.0 Å². The van der Waals surface area contributed by atoms with Crippen LogP contribution in [0.3, 0.4) is 0 Å². The van der Waals surface area contributed by atoms with Gasteiger partial charge in [0, 0.05) is 0 Å². The standard InChI is InChI=1S/C10H22O5/c1-2-10(11)8-6-4-3-5-7-9-13-15-14-12/h10-12H,2-9H2,1H3. The molecule has 0 saturated carbocycles. The molecule has 0 amide bonds. The van der Waals surface area contributed by atoms with E-state index in [0.29, 0.717) is 6.61 Å². The maximum absolute atomic E-state index is 9.28. The van der Waals surface area contributed by atoms with Crippen molar-refractivity contribution in [3.05, 3.63) is 0 Å². The largest absolute Gasteiger partial charge is 0.393 e. The lowest BCUT2D eigenvalue weighted by Crippen LogP contribution is -2.03. The molecule has 0 aromatic rings. The van der Waals surface area contributed by atoms with Crippen molar-refractivity contribution in [2.75, 3.05) is 6.61 Å². The van der Waals surface area contributed by atoms with E-state index in [1.54, 1.807) is 0 Å². The lowest BCUT2D eigenvalue weighted by Gasteiger charge is -2.06. The Morgan fingerprint density at radius 1 is 1.07 bits per heavy atom. The Bertz CT molecular complexity index is 120. The van der Waals surface area contributed by atoms with Gasteiger partial charge in [-0.2, -0.15) is 0 Å². The number of aliphatic hydroxyl groups excluding tert-OH is 1. The van der Waals surface area contributed by atoms with Gasteiger partial charge in [-0.15, -0.1) is 0 Å². The van der Waals surface area contributed by atoms with Crippen LogP contribution in [0.5, 0.6) is 0 Å². The third-order valence-electron chi connectivity index (χ3n) is 2.31. The van der Waals surface area contributed by atoms with Gasteiger partial charge in [-0.3, -0.25) is 0 Å². The van der Waals surface area contributed by atoms with Gasteiger partial charge in [0.2, 0.25) is 0 Å². The molecule has 0 aromatic carbocycles. The molecular formula is C10H22O5. The molecule has 0 aliphatic rings. The molecule has 0 aromatic heterocycles. The maximum atomic E-state index is 9.28. The molecule has 5 heteroatoms. The zero-order valence-electron chi connectivity index (χ0n) is 9.35. The Morgan fingerprint density at radius 3 is 2.40 bits per heavy atom. The fraction of sp³-hybridized carbons (Fsp3) is 1.00. The second kappa shape index (κ2) is 11.9. The molecule has 0 spiro atoms. The van der Waals surface area contributed by atoms with Gasteiger partial charge in [0.05, 0.1) is 12.7 Å². The van der Waals surface area contributed by atoms with Gasteiger partial charge in [-0.1, -0.05) is 32.6 Å². The van der Waals surface area contributed by atoms with E-state index in [2.05, 4.69) is 15.0 Å². The van der Waals surface area contributed by atoms with Crippen LogP contribution in [0.15, 0.2) is 0 Å². The molecule has 15 heavy (non-hydrogen) atoms. The molecule has 1 unspecified atom stereocenters. The minimum absolute atomic E-state index is 0.136. The molecule has 0 rings (SSSR count). The maximum Gasteiger partial charge on any atom is 0.0854 e. The first-order valence-electron chi connectivity index (χ1n) is 5.59. The number of aliphatic hydroxyl groups is 1. The molecule has 0 aliphatic heterocycles. The summed E-state index contributed by atoms with van der Waals surface area (Å²) < 4.78 is 0. The van der Waals surface area contributed by atoms with E-state index in [1.165, 1.54) is 0 Å². The Balaban J connectivity index is 2.92. The first kappa shape index (κ1) is 14.8. The summed E-state index contributed by atoms with van der Waals surface area (Å²) in [5.41, 5.74) is 0. The second-order valence-corrected chi connectivity index (χ2v) is 3.58. The van der Waals surface area contributed by atoms with E-state index >= 15 is 0 Å². The van der Waals surface area contributed by atoms with Crippen molar-refractivity contribution < 1.29 is 25.3 Å². The van der Waals surface area contributed by atoms with Gasteiger partial charge >= 0.3 is 0 Å². The van der Waals surface area contributed by atoms with Crippen LogP contribution in [0, 0.1) is 0 Å². The molecule has 0 aliphatic carbocycles. The number of unbranched alkanes of at least 4 members (excludes halogenated alkanes) is 4. The number of rotatable bonds is 11. The van der Waals surface area contributed by atoms with E-state index in [0.717, 1.165) is 44.9 Å². The van der Waals surface area contributed by atoms with Gasteiger partial charge < -0.3 is 5.11 Å². The van der Waals surface area contributed by atoms with Gasteiger partial charge in [0.15, 0.2) is 0 Å². The molecule has 0 radical (unpaired) electrons. The molecular weight excluding hydrogens is 200 g/mol. The van der Waals surface area contributed by atoms with E-state index in [1.807, 2.05) is 6.92 Å². The normalized spacial score (nSPS) is 13.0. The summed E-state index contributed by atoms with van der Waals surface area (Å²) in [6.07, 6.45) is 6.86. The van der Waals surface area contributed by atoms with Crippen molar-refractivity contribution in [1.82, 2.24) is 0 Å². The van der Waals surface area contributed by atoms with Crippen LogP contribution in [0.2, 0.25) is 0 Å². The average Bonchev–Trinajstić information content (AvgIpc) is 2.26. The molecule has 5 nitrogen and oxygen atoms in total. The third-order valence-corrected chi connectivity index (χ3v) is 2.31. The third kappa shape index (κ3) is 11.7. The zero-order chi connectivity index (χ0) is 11.4. The van der Waals surface area contributed by atoms with Crippen molar-refractivity contribution in [2.45, 2.75) is 58.0 Å². The minimum atomic E-state index is -0.136. The van der Waals surface area contributed by atoms with Crippen LogP contribution in [0.4, 0.5) is 0 Å². The SMILES string of the molecule is CCC(O)CCCCCCCOOOO. The highest BCUT2D eigenvalue weighted by molar-refractivity contribution is 4.52. The van der Waals surface area contributed by atoms with E-state index < -0.39 is 0 Å². The average molecular weight is 222 g/mol. The van der Waals surface area contributed by atoms with Crippen LogP contribution in [-0.4, -0.2) is 23.1 Å². The Kier molecular flexibility index (Phi) is 11.7. The van der Waals surface area contributed by atoms with Crippen LogP contribution in [0.1, 0.15) is 51.9 Å². The molecule has 0 fully saturated rings. The topological polar surface area (TPSA) is 68.2 Å². The quantitative estimate of drug-likeness (QED) is 0.319. The summed E-state index contributed by atoms with van der Waals surface area (Å²) in [4.78, 5) is 4.43. The second-order valence-electron chi connectivity index (χ2n) is 3.58. The molecule has 0 saturated heterocycles. The fourth-order valence-corrected chi connectivity index (χ4v) is 1.33. The lowest BCUT2D eigenvalue weighted by atomic mass is 10.1. The van der Waals surface area contributed by atoms with Crippen LogP contribution >= 0.6 is 0 Å². The molecule has 0 heterocycles. The van der Waals surface area contributed by atoms with Crippen molar-refractivity contribution >= 4 is 0 Å². The van der Waals surface area contributed by atoms with Gasteiger partial charge in [0.25, 0.3) is 0 Å². The predicted molar refractivity (Wildman–Crippen MR) is 54.8 cm³/mol. The fourth-order valence-electron chi connectivity index (χ4n) is 1.33. The molecule has 0 bridgehead atoms. The Morgan fingerprint density at radius 2 is 1.73 bits per heavy atom. The highest BCUT2D eigenvalue weighted by Crippen LogP contribution is 2.08. The molecule has 2 N–H and O–H groups in total. The molecule has 92 valence electrons. The van der Waals surface area contributed by atoms with Crippen molar-refractivity contribution in [3.63, 3.8) is 0 Å². The minimum Gasteiger partial charge on any atom is -0.393 e. The highest BCUT2D eigenvalue weighted by Gasteiger charge is 1.99. The smallest absolute Gasteiger partial charge is 0.0854 e. The summed E-state index contributed by atoms with van der Waals surface area (Å²) in [5, 5.41) is 24.1. The number of hydrogen-bond acceptors (Lipinski definition) is 5. The Labute approximate surface area is 90.7 Å². The van der Waals surface area contributed by atoms with Crippen molar-refractivity contribution in [3.8, 4) is 0 Å². The summed E-state index contributed by atoms with van der Waals surface area (Å²) in [5.74, 6) is 0. The first-order valence-corrected chi connectivity index (χ1v) is 5.59. The van der Waals surface area contributed by atoms with Crippen LogP contribution < -0.4 is 0 Å². The summed E-state index contributed by atoms with van der Waals surface area (Å²) >= 11 is 0. The lowest BCUT2D eigenvalue weighted by molar-refractivity contribution is -0.623. The van der Waals surface area contributed by atoms with Gasteiger partial charge in [0.1, 0.15) is 0 Å². The van der Waals surface area contributed by atoms with Crippen molar-refractivity contribution in [2.24, 2.45) is 0 Å². The van der Waals surface area contributed by atoms with Gasteiger partial charge in [-0.25, -0.2) is 10.1 Å². The van der Waals surface area contributed by atoms with E-state index in [-0.39, 0.29) is 6.10 Å². The van der Waals surface area contributed by atoms with E-state index in [9.17, 15) is 5.11 Å². The molecule has 1 atom stereocenters. The Hall–Kier alpha value is -0.200. The summed E-state index contributed by atoms with van der Waals surface area (Å²) in [7, 11) is 0. The van der Waals surface area contributed by atoms with Crippen molar-refractivity contribution in [1.29, 1.82) is 0 Å². The number of hydrogen-bond donors (Lipinski definition) is 2. The monoisotopic (exact) mass is 222 g/mol. The highest BCUT2D eigenvalue weighted by atomic mass is 17.6. The first-order chi connectivity index (χ1) is 7.31. The zero-order valence-corrected chi connectivity index (χ0v) is 9.35.